The van der Waals surface area contributed by atoms with Gasteiger partial charge in [-0.15, -0.1) is 0 Å². The van der Waals surface area contributed by atoms with Crippen LogP contribution in [0.4, 0.5) is 5.69 Å². The first kappa shape index (κ1) is 17.0. The predicted octanol–water partition coefficient (Wildman–Crippen LogP) is 2.88. The molecule has 7 heteroatoms. The molecule has 25 heavy (non-hydrogen) atoms. The van der Waals surface area contributed by atoms with Crippen LogP contribution in [0.25, 0.3) is 10.9 Å². The maximum atomic E-state index is 11.8. The third-order valence-corrected chi connectivity index (χ3v) is 4.52. The van der Waals surface area contributed by atoms with Crippen molar-refractivity contribution in [2.75, 3.05) is 11.0 Å². The van der Waals surface area contributed by atoms with Gasteiger partial charge in [0, 0.05) is 29.2 Å². The molecule has 0 radical (unpaired) electrons. The van der Waals surface area contributed by atoms with Crippen molar-refractivity contribution in [2.45, 2.75) is 12.5 Å². The summed E-state index contributed by atoms with van der Waals surface area (Å²) in [5.74, 6) is -0.917. The Hall–Kier alpha value is -2.80. The van der Waals surface area contributed by atoms with Crippen molar-refractivity contribution in [3.8, 4) is 0 Å². The van der Waals surface area contributed by atoms with Gasteiger partial charge in [-0.2, -0.15) is 0 Å². The number of fused-ring (bicyclic) bond motifs is 1. The number of hydrogen-bond donors (Lipinski definition) is 2. The molecule has 6 nitrogen and oxygen atoms in total. The van der Waals surface area contributed by atoms with Crippen LogP contribution in [-0.4, -0.2) is 30.3 Å². The van der Waals surface area contributed by atoms with Gasteiger partial charge in [-0.1, -0.05) is 30.3 Å². The third kappa shape index (κ3) is 4.00. The Kier molecular flexibility index (Phi) is 4.50. The fraction of sp³-hybridized carbons (Fsp3) is 0.167. The van der Waals surface area contributed by atoms with E-state index in [0.717, 1.165) is 22.7 Å². The molecule has 0 aliphatic carbocycles. The van der Waals surface area contributed by atoms with E-state index in [2.05, 4.69) is 4.72 Å². The Bertz CT molecular complexity index is 1010. The van der Waals surface area contributed by atoms with Crippen molar-refractivity contribution in [1.82, 2.24) is 4.57 Å². The van der Waals surface area contributed by atoms with E-state index in [4.69, 9.17) is 0 Å². The van der Waals surface area contributed by atoms with E-state index in [1.807, 2.05) is 30.3 Å². The number of carboxylic acid groups (broad SMARTS) is 1. The normalized spacial score (nSPS) is 12.8. The van der Waals surface area contributed by atoms with Crippen molar-refractivity contribution >= 4 is 32.6 Å². The summed E-state index contributed by atoms with van der Waals surface area (Å²) in [7, 11) is -3.36. The van der Waals surface area contributed by atoms with Gasteiger partial charge < -0.3 is 9.67 Å². The van der Waals surface area contributed by atoms with Gasteiger partial charge in [-0.3, -0.25) is 4.72 Å². The van der Waals surface area contributed by atoms with Gasteiger partial charge in [-0.05, 0) is 29.8 Å². The molecule has 0 saturated carbocycles. The molecule has 0 aliphatic heterocycles. The summed E-state index contributed by atoms with van der Waals surface area (Å²) >= 11 is 0. The SMILES string of the molecule is CS(=O)(=O)Nc1ccc2c(ccn2C(Cc2ccccc2)C(=O)O)c1. The van der Waals surface area contributed by atoms with Gasteiger partial charge in [0.1, 0.15) is 6.04 Å². The lowest BCUT2D eigenvalue weighted by Crippen LogP contribution is -2.20. The number of nitrogens with zero attached hydrogens (tertiary/aromatic N) is 1. The molecular weight excluding hydrogens is 340 g/mol. The maximum Gasteiger partial charge on any atom is 0.327 e. The highest BCUT2D eigenvalue weighted by molar-refractivity contribution is 7.92. The highest BCUT2D eigenvalue weighted by atomic mass is 32.2. The van der Waals surface area contributed by atoms with Crippen LogP contribution in [0.15, 0.2) is 60.8 Å². The lowest BCUT2D eigenvalue weighted by Gasteiger charge is -2.16. The monoisotopic (exact) mass is 358 g/mol. The smallest absolute Gasteiger partial charge is 0.327 e. The quantitative estimate of drug-likeness (QED) is 0.709. The van der Waals surface area contributed by atoms with Crippen LogP contribution in [0.2, 0.25) is 0 Å². The number of aliphatic carboxylic acids is 1. The molecular formula is C18H18N2O4S. The van der Waals surface area contributed by atoms with E-state index < -0.39 is 22.0 Å². The Morgan fingerprint density at radius 2 is 1.88 bits per heavy atom. The van der Waals surface area contributed by atoms with E-state index in [0.29, 0.717) is 12.1 Å². The van der Waals surface area contributed by atoms with Gasteiger partial charge >= 0.3 is 5.97 Å². The number of hydrogen-bond acceptors (Lipinski definition) is 3. The molecule has 1 atom stereocenters. The summed E-state index contributed by atoms with van der Waals surface area (Å²) in [5.41, 5.74) is 2.12. The molecule has 0 spiro atoms. The number of nitrogens with one attached hydrogen (secondary N) is 1. The molecule has 2 aromatic carbocycles. The predicted molar refractivity (Wildman–Crippen MR) is 97.2 cm³/mol. The van der Waals surface area contributed by atoms with Crippen LogP contribution in [0.3, 0.4) is 0 Å². The van der Waals surface area contributed by atoms with Gasteiger partial charge in [0.2, 0.25) is 10.0 Å². The number of aromatic nitrogens is 1. The zero-order valence-electron chi connectivity index (χ0n) is 13.6. The standard InChI is InChI=1S/C18H18N2O4S/c1-25(23,24)19-15-7-8-16-14(12-15)9-10-20(16)17(18(21)22)11-13-5-3-2-4-6-13/h2-10,12,17,19H,11H2,1H3,(H,21,22). The molecule has 0 fully saturated rings. The number of carbonyl (C=O) groups is 1. The van der Waals surface area contributed by atoms with Crippen LogP contribution in [0, 0.1) is 0 Å². The number of anilines is 1. The summed E-state index contributed by atoms with van der Waals surface area (Å²) in [5, 5.41) is 10.4. The second kappa shape index (κ2) is 6.60. The number of rotatable bonds is 6. The number of benzene rings is 2. The number of carboxylic acids is 1. The first-order valence-corrected chi connectivity index (χ1v) is 9.58. The number of sulfonamides is 1. The fourth-order valence-corrected chi connectivity index (χ4v) is 3.41. The van der Waals surface area contributed by atoms with E-state index in [1.54, 1.807) is 35.0 Å². The summed E-state index contributed by atoms with van der Waals surface area (Å²) < 4.78 is 26.8. The average Bonchev–Trinajstić information content (AvgIpc) is 2.94. The fourth-order valence-electron chi connectivity index (χ4n) is 2.86. The van der Waals surface area contributed by atoms with Gasteiger partial charge in [0.05, 0.1) is 6.26 Å². The minimum Gasteiger partial charge on any atom is -0.480 e. The summed E-state index contributed by atoms with van der Waals surface area (Å²) in [6.07, 6.45) is 3.17. The van der Waals surface area contributed by atoms with Gasteiger partial charge in [0.25, 0.3) is 0 Å². The van der Waals surface area contributed by atoms with Crippen molar-refractivity contribution < 1.29 is 18.3 Å². The highest BCUT2D eigenvalue weighted by Gasteiger charge is 2.21. The minimum atomic E-state index is -3.36. The van der Waals surface area contributed by atoms with E-state index in [9.17, 15) is 18.3 Å². The second-order valence-corrected chi connectivity index (χ2v) is 7.66. The Labute approximate surface area is 145 Å². The van der Waals surface area contributed by atoms with Gasteiger partial charge in [-0.25, -0.2) is 13.2 Å². The lowest BCUT2D eigenvalue weighted by molar-refractivity contribution is -0.140. The summed E-state index contributed by atoms with van der Waals surface area (Å²) in [6, 6.07) is 15.5. The molecule has 1 aromatic heterocycles. The molecule has 0 bridgehead atoms. The third-order valence-electron chi connectivity index (χ3n) is 3.92. The zero-order valence-corrected chi connectivity index (χ0v) is 14.4. The van der Waals surface area contributed by atoms with Gasteiger partial charge in [0.15, 0.2) is 0 Å². The molecule has 3 aromatic rings. The Morgan fingerprint density at radius 1 is 1.16 bits per heavy atom. The first-order valence-electron chi connectivity index (χ1n) is 7.68. The molecule has 0 aliphatic rings. The van der Waals surface area contributed by atoms with Crippen LogP contribution in [0.5, 0.6) is 0 Å². The zero-order chi connectivity index (χ0) is 18.0. The Morgan fingerprint density at radius 3 is 2.52 bits per heavy atom. The molecule has 2 N–H and O–H groups in total. The molecule has 1 heterocycles. The summed E-state index contributed by atoms with van der Waals surface area (Å²) in [4.78, 5) is 11.8. The molecule has 0 amide bonds. The molecule has 1 unspecified atom stereocenters. The minimum absolute atomic E-state index is 0.364. The first-order chi connectivity index (χ1) is 11.8. The van der Waals surface area contributed by atoms with Crippen molar-refractivity contribution in [3.63, 3.8) is 0 Å². The average molecular weight is 358 g/mol. The largest absolute Gasteiger partial charge is 0.480 e. The van der Waals surface area contributed by atoms with E-state index in [-0.39, 0.29) is 0 Å². The van der Waals surface area contributed by atoms with Crippen LogP contribution in [0.1, 0.15) is 11.6 Å². The second-order valence-electron chi connectivity index (χ2n) is 5.91. The topological polar surface area (TPSA) is 88.4 Å². The molecule has 3 rings (SSSR count). The van der Waals surface area contributed by atoms with E-state index in [1.165, 1.54) is 0 Å². The van der Waals surface area contributed by atoms with Crippen LogP contribution in [-0.2, 0) is 21.2 Å². The van der Waals surface area contributed by atoms with Crippen molar-refractivity contribution in [3.05, 3.63) is 66.4 Å². The maximum absolute atomic E-state index is 11.8. The molecule has 130 valence electrons. The highest BCUT2D eigenvalue weighted by Crippen LogP contribution is 2.26. The van der Waals surface area contributed by atoms with Crippen molar-refractivity contribution in [2.24, 2.45) is 0 Å². The van der Waals surface area contributed by atoms with Crippen molar-refractivity contribution in [1.29, 1.82) is 0 Å². The Balaban J connectivity index is 1.97. The molecule has 0 saturated heterocycles. The van der Waals surface area contributed by atoms with Crippen LogP contribution >= 0.6 is 0 Å². The van der Waals surface area contributed by atoms with Crippen LogP contribution < -0.4 is 4.72 Å². The van der Waals surface area contributed by atoms with E-state index >= 15 is 0 Å². The summed E-state index contributed by atoms with van der Waals surface area (Å²) in [6.45, 7) is 0. The lowest BCUT2D eigenvalue weighted by atomic mass is 10.1.